The van der Waals surface area contributed by atoms with Gasteiger partial charge in [0.1, 0.15) is 5.82 Å². The van der Waals surface area contributed by atoms with E-state index < -0.39 is 10.4 Å². The molecule has 0 amide bonds. The van der Waals surface area contributed by atoms with Crippen molar-refractivity contribution in [2.24, 2.45) is 0 Å². The van der Waals surface area contributed by atoms with Gasteiger partial charge in [-0.25, -0.2) is 9.17 Å². The second-order valence-electron chi connectivity index (χ2n) is 8.21. The van der Waals surface area contributed by atoms with Crippen LogP contribution in [0.15, 0.2) is 18.3 Å². The predicted octanol–water partition coefficient (Wildman–Crippen LogP) is 7.38. The number of nitrogens with zero attached hydrogens (tertiary/aromatic N) is 1. The van der Waals surface area contributed by atoms with Gasteiger partial charge < -0.3 is 4.98 Å². The van der Waals surface area contributed by atoms with E-state index in [1.807, 2.05) is 0 Å². The van der Waals surface area contributed by atoms with E-state index in [0.717, 1.165) is 18.7 Å². The van der Waals surface area contributed by atoms with Crippen LogP contribution in [0.3, 0.4) is 0 Å². The van der Waals surface area contributed by atoms with Crippen LogP contribution in [0.4, 0.5) is 0 Å². The number of H-pyrrole nitrogens is 1. The Labute approximate surface area is 197 Å². The summed E-state index contributed by atoms with van der Waals surface area (Å²) in [5, 5.41) is 0. The van der Waals surface area contributed by atoms with Gasteiger partial charge >= 0.3 is 10.4 Å². The molecule has 7 heteroatoms. The monoisotopic (exact) mass is 472 g/mol. The van der Waals surface area contributed by atoms with Crippen LogP contribution in [-0.2, 0) is 27.4 Å². The maximum Gasteiger partial charge on any atom is 0.397 e. The summed E-state index contributed by atoms with van der Waals surface area (Å²) in [5.74, 6) is 1.12. The number of rotatable bonds is 19. The van der Waals surface area contributed by atoms with E-state index in [4.69, 9.17) is 4.55 Å². The lowest BCUT2D eigenvalue weighted by Gasteiger charge is -2.00. The molecule has 0 radical (unpaired) electrons. The Bertz CT molecular complexity index is 657. The normalized spacial score (nSPS) is 11.6. The molecule has 1 aromatic rings. The molecule has 0 aliphatic heterocycles. The number of nitrogens with one attached hydrogen (secondary N) is 1. The van der Waals surface area contributed by atoms with Gasteiger partial charge in [0.25, 0.3) is 0 Å². The molecule has 0 spiro atoms. The zero-order valence-electron chi connectivity index (χ0n) is 20.8. The van der Waals surface area contributed by atoms with Crippen molar-refractivity contribution in [1.82, 2.24) is 9.97 Å². The highest BCUT2D eigenvalue weighted by Gasteiger charge is 1.99. The van der Waals surface area contributed by atoms with E-state index in [2.05, 4.69) is 46.3 Å². The first-order chi connectivity index (χ1) is 15.4. The number of aryl methyl sites for hydroxylation is 2. The Balaban J connectivity index is 0.00000118. The van der Waals surface area contributed by atoms with Crippen molar-refractivity contribution in [3.63, 3.8) is 0 Å². The quantitative estimate of drug-likeness (QED) is 0.124. The van der Waals surface area contributed by atoms with Gasteiger partial charge in [-0.1, -0.05) is 83.8 Å². The van der Waals surface area contributed by atoms with Gasteiger partial charge in [0, 0.05) is 12.6 Å². The SMILES string of the molecule is CCCCCCCC/C=C\CCCCCCCCc1c[nH]c(CC)n1.CCOS(=O)(=O)O. The zero-order chi connectivity index (χ0) is 23.9. The van der Waals surface area contributed by atoms with Crippen LogP contribution in [0.1, 0.15) is 122 Å². The van der Waals surface area contributed by atoms with E-state index in [1.165, 1.54) is 103 Å². The van der Waals surface area contributed by atoms with Gasteiger partial charge in [0.2, 0.25) is 0 Å². The maximum absolute atomic E-state index is 9.56. The molecule has 1 heterocycles. The van der Waals surface area contributed by atoms with Crippen LogP contribution in [-0.4, -0.2) is 29.5 Å². The number of aromatic amines is 1. The fraction of sp³-hybridized carbons (Fsp3) is 0.800. The molecule has 0 atom stereocenters. The van der Waals surface area contributed by atoms with Crippen molar-refractivity contribution in [3.8, 4) is 0 Å². The number of allylic oxidation sites excluding steroid dienone is 2. The first-order valence-corrected chi connectivity index (χ1v) is 14.1. The topological polar surface area (TPSA) is 92.3 Å². The van der Waals surface area contributed by atoms with Gasteiger partial charge in [0.15, 0.2) is 0 Å². The zero-order valence-corrected chi connectivity index (χ0v) is 21.6. The Morgan fingerprint density at radius 3 is 1.84 bits per heavy atom. The molecular formula is C25H48N2O4S. The molecule has 0 aliphatic rings. The van der Waals surface area contributed by atoms with Crippen molar-refractivity contribution in [1.29, 1.82) is 0 Å². The number of unbranched alkanes of at least 4 members (excludes halogenated alkanes) is 12. The lowest BCUT2D eigenvalue weighted by atomic mass is 10.1. The van der Waals surface area contributed by atoms with Gasteiger partial charge in [0.05, 0.1) is 12.3 Å². The number of imidazole rings is 1. The molecule has 0 aromatic carbocycles. The highest BCUT2D eigenvalue weighted by molar-refractivity contribution is 7.80. The molecule has 1 aromatic heterocycles. The third-order valence-electron chi connectivity index (χ3n) is 5.23. The minimum Gasteiger partial charge on any atom is -0.348 e. The number of hydrogen-bond donors (Lipinski definition) is 2. The third-order valence-corrected chi connectivity index (χ3v) is 5.76. The summed E-state index contributed by atoms with van der Waals surface area (Å²) in [6, 6.07) is 0. The summed E-state index contributed by atoms with van der Waals surface area (Å²) in [6.45, 7) is 5.87. The summed E-state index contributed by atoms with van der Waals surface area (Å²) >= 11 is 0. The summed E-state index contributed by atoms with van der Waals surface area (Å²) in [6.07, 6.45) is 28.2. The van der Waals surface area contributed by atoms with Crippen LogP contribution >= 0.6 is 0 Å². The first kappa shape index (κ1) is 30.8. The van der Waals surface area contributed by atoms with Gasteiger partial charge in [-0.3, -0.25) is 4.55 Å². The largest absolute Gasteiger partial charge is 0.397 e. The molecule has 0 bridgehead atoms. The second kappa shape index (κ2) is 21.7. The fourth-order valence-electron chi connectivity index (χ4n) is 3.42. The second-order valence-corrected chi connectivity index (χ2v) is 9.31. The van der Waals surface area contributed by atoms with Crippen LogP contribution in [0.25, 0.3) is 0 Å². The van der Waals surface area contributed by atoms with E-state index in [0.29, 0.717) is 0 Å². The average Bonchev–Trinajstić information content (AvgIpc) is 3.21. The molecule has 0 unspecified atom stereocenters. The van der Waals surface area contributed by atoms with Crippen LogP contribution in [0.2, 0.25) is 0 Å². The molecule has 0 aliphatic carbocycles. The lowest BCUT2D eigenvalue weighted by molar-refractivity contribution is 0.283. The van der Waals surface area contributed by atoms with E-state index >= 15 is 0 Å². The highest BCUT2D eigenvalue weighted by atomic mass is 32.3. The van der Waals surface area contributed by atoms with Crippen molar-refractivity contribution in [2.75, 3.05) is 6.61 Å². The summed E-state index contributed by atoms with van der Waals surface area (Å²) in [5.41, 5.74) is 1.24. The minimum absolute atomic E-state index is 0.0289. The number of aromatic nitrogens is 2. The van der Waals surface area contributed by atoms with Crippen molar-refractivity contribution >= 4 is 10.4 Å². The summed E-state index contributed by atoms with van der Waals surface area (Å²) in [7, 11) is -4.17. The predicted molar refractivity (Wildman–Crippen MR) is 134 cm³/mol. The average molecular weight is 473 g/mol. The fourth-order valence-corrected chi connectivity index (χ4v) is 3.71. The van der Waals surface area contributed by atoms with E-state index in [9.17, 15) is 8.42 Å². The van der Waals surface area contributed by atoms with Crippen LogP contribution in [0.5, 0.6) is 0 Å². The molecular weight excluding hydrogens is 424 g/mol. The van der Waals surface area contributed by atoms with Crippen LogP contribution < -0.4 is 0 Å². The first-order valence-electron chi connectivity index (χ1n) is 12.7. The van der Waals surface area contributed by atoms with Gasteiger partial charge in [-0.15, -0.1) is 0 Å². The Morgan fingerprint density at radius 2 is 1.41 bits per heavy atom. The molecule has 188 valence electrons. The Hall–Kier alpha value is -1.18. The molecule has 0 fully saturated rings. The summed E-state index contributed by atoms with van der Waals surface area (Å²) < 4.78 is 30.7. The van der Waals surface area contributed by atoms with Crippen molar-refractivity contribution < 1.29 is 17.2 Å². The Kier molecular flexibility index (Phi) is 20.9. The van der Waals surface area contributed by atoms with E-state index in [-0.39, 0.29) is 6.61 Å². The smallest absolute Gasteiger partial charge is 0.348 e. The highest BCUT2D eigenvalue weighted by Crippen LogP contribution is 2.11. The molecule has 0 saturated carbocycles. The minimum atomic E-state index is -4.17. The molecule has 0 saturated heterocycles. The van der Waals surface area contributed by atoms with Crippen molar-refractivity contribution in [2.45, 2.75) is 124 Å². The molecule has 1 rings (SSSR count). The van der Waals surface area contributed by atoms with Crippen LogP contribution in [0, 0.1) is 0 Å². The maximum atomic E-state index is 9.56. The standard InChI is InChI=1S/C23H42N2.C2H6O4S/c1-3-5-6-7-8-9-10-11-12-13-14-15-16-17-18-19-20-22-21-24-23(4-2)25-22;1-2-6-7(3,4)5/h11-12,21H,3-10,13-20H2,1-2H3,(H,24,25);2H2,1H3,(H,3,4,5)/b12-11-;. The molecule has 2 N–H and O–H groups in total. The van der Waals surface area contributed by atoms with E-state index in [1.54, 1.807) is 0 Å². The third kappa shape index (κ3) is 22.0. The lowest BCUT2D eigenvalue weighted by Crippen LogP contribution is -2.01. The Morgan fingerprint density at radius 1 is 0.875 bits per heavy atom. The molecule has 32 heavy (non-hydrogen) atoms. The molecule has 6 nitrogen and oxygen atoms in total. The van der Waals surface area contributed by atoms with Gasteiger partial charge in [-0.05, 0) is 45.4 Å². The summed E-state index contributed by atoms with van der Waals surface area (Å²) in [4.78, 5) is 7.82. The van der Waals surface area contributed by atoms with Gasteiger partial charge in [-0.2, -0.15) is 8.42 Å². The van der Waals surface area contributed by atoms with Crippen molar-refractivity contribution in [3.05, 3.63) is 29.9 Å². The number of hydrogen-bond acceptors (Lipinski definition) is 4.